The van der Waals surface area contributed by atoms with Gasteiger partial charge < -0.3 is 4.74 Å². The minimum atomic E-state index is 0.528. The van der Waals surface area contributed by atoms with Gasteiger partial charge in [0.25, 0.3) is 0 Å². The van der Waals surface area contributed by atoms with Crippen molar-refractivity contribution >= 4 is 0 Å². The van der Waals surface area contributed by atoms with Gasteiger partial charge in [-0.3, -0.25) is 0 Å². The third-order valence-electron chi connectivity index (χ3n) is 8.83. The van der Waals surface area contributed by atoms with E-state index >= 15 is 0 Å². The first kappa shape index (κ1) is 22.6. The Bertz CT molecular complexity index is 394. The predicted molar refractivity (Wildman–Crippen MR) is 122 cm³/mol. The topological polar surface area (TPSA) is 9.23 Å². The van der Waals surface area contributed by atoms with E-state index in [1.54, 1.807) is 0 Å². The second-order valence-corrected chi connectivity index (χ2v) is 10.9. The standard InChI is InChI=1S/C27H50O/c1-3-5-9-19-27(22-28-26-15-13-23(10-4-2)14-16-26)20-17-25(18-21-27)24-11-7-6-8-12-24/h23-26H,3-22H2,1-2H3. The highest BCUT2D eigenvalue weighted by molar-refractivity contribution is 4.89. The summed E-state index contributed by atoms with van der Waals surface area (Å²) in [4.78, 5) is 0. The van der Waals surface area contributed by atoms with Crippen LogP contribution in [-0.4, -0.2) is 12.7 Å². The van der Waals surface area contributed by atoms with E-state index in [-0.39, 0.29) is 0 Å². The van der Waals surface area contributed by atoms with E-state index < -0.39 is 0 Å². The molecule has 0 spiro atoms. The second kappa shape index (κ2) is 12.0. The molecule has 3 aliphatic carbocycles. The summed E-state index contributed by atoms with van der Waals surface area (Å²) in [5.41, 5.74) is 0.528. The zero-order chi connectivity index (χ0) is 19.7. The molecule has 28 heavy (non-hydrogen) atoms. The summed E-state index contributed by atoms with van der Waals surface area (Å²) in [5.74, 6) is 3.11. The number of hydrogen-bond acceptors (Lipinski definition) is 1. The van der Waals surface area contributed by atoms with E-state index in [1.807, 2.05) is 0 Å². The molecule has 0 saturated heterocycles. The molecule has 0 aromatic rings. The van der Waals surface area contributed by atoms with Crippen molar-refractivity contribution in [2.45, 2.75) is 142 Å². The Labute approximate surface area is 176 Å². The lowest BCUT2D eigenvalue weighted by Gasteiger charge is -2.44. The van der Waals surface area contributed by atoms with Gasteiger partial charge in [0.2, 0.25) is 0 Å². The Balaban J connectivity index is 1.46. The average Bonchev–Trinajstić information content (AvgIpc) is 2.75. The lowest BCUT2D eigenvalue weighted by Crippen LogP contribution is -2.36. The zero-order valence-corrected chi connectivity index (χ0v) is 19.4. The van der Waals surface area contributed by atoms with Crippen LogP contribution in [0.4, 0.5) is 0 Å². The monoisotopic (exact) mass is 390 g/mol. The molecule has 164 valence electrons. The van der Waals surface area contributed by atoms with Crippen molar-refractivity contribution in [2.75, 3.05) is 6.61 Å². The van der Waals surface area contributed by atoms with Gasteiger partial charge in [-0.1, -0.05) is 78.1 Å². The third-order valence-corrected chi connectivity index (χ3v) is 8.83. The minimum Gasteiger partial charge on any atom is -0.378 e. The van der Waals surface area contributed by atoms with Crippen molar-refractivity contribution < 1.29 is 4.74 Å². The van der Waals surface area contributed by atoms with E-state index in [9.17, 15) is 0 Å². The SMILES string of the molecule is CCCCCC1(COC2CCC(CCC)CC2)CCC(C2CCCCC2)CC1. The van der Waals surface area contributed by atoms with Crippen LogP contribution in [-0.2, 0) is 4.74 Å². The number of hydrogen-bond donors (Lipinski definition) is 0. The van der Waals surface area contributed by atoms with Crippen LogP contribution in [0.25, 0.3) is 0 Å². The normalized spacial score (nSPS) is 35.1. The highest BCUT2D eigenvalue weighted by atomic mass is 16.5. The summed E-state index contributed by atoms with van der Waals surface area (Å²) in [5, 5.41) is 0. The van der Waals surface area contributed by atoms with Crippen molar-refractivity contribution in [3.8, 4) is 0 Å². The molecule has 0 heterocycles. The van der Waals surface area contributed by atoms with E-state index in [0.29, 0.717) is 11.5 Å². The Morgan fingerprint density at radius 1 is 0.714 bits per heavy atom. The summed E-state index contributed by atoms with van der Waals surface area (Å²) >= 11 is 0. The maximum Gasteiger partial charge on any atom is 0.0575 e. The molecule has 3 saturated carbocycles. The van der Waals surface area contributed by atoms with Gasteiger partial charge in [0, 0.05) is 0 Å². The van der Waals surface area contributed by atoms with Crippen molar-refractivity contribution in [2.24, 2.45) is 23.2 Å². The Kier molecular flexibility index (Phi) is 9.68. The molecule has 0 aliphatic heterocycles. The molecule has 0 amide bonds. The van der Waals surface area contributed by atoms with Gasteiger partial charge in [0.1, 0.15) is 0 Å². The van der Waals surface area contributed by atoms with Crippen LogP contribution in [0, 0.1) is 23.2 Å². The van der Waals surface area contributed by atoms with E-state index in [4.69, 9.17) is 4.74 Å². The number of rotatable bonds is 10. The Hall–Kier alpha value is -0.0400. The molecule has 0 atom stereocenters. The van der Waals surface area contributed by atoms with Crippen LogP contribution in [0.3, 0.4) is 0 Å². The molecule has 1 nitrogen and oxygen atoms in total. The van der Waals surface area contributed by atoms with Gasteiger partial charge in [-0.05, 0) is 81.0 Å². The quantitative estimate of drug-likeness (QED) is 0.339. The number of ether oxygens (including phenoxy) is 1. The van der Waals surface area contributed by atoms with Crippen LogP contribution in [0.15, 0.2) is 0 Å². The van der Waals surface area contributed by atoms with E-state index in [0.717, 1.165) is 24.4 Å². The van der Waals surface area contributed by atoms with Crippen LogP contribution in [0.2, 0.25) is 0 Å². The van der Waals surface area contributed by atoms with Crippen LogP contribution in [0.5, 0.6) is 0 Å². The Morgan fingerprint density at radius 2 is 1.39 bits per heavy atom. The molecule has 0 radical (unpaired) electrons. The van der Waals surface area contributed by atoms with Crippen molar-refractivity contribution in [1.82, 2.24) is 0 Å². The van der Waals surface area contributed by atoms with Crippen LogP contribution < -0.4 is 0 Å². The Morgan fingerprint density at radius 3 is 2.04 bits per heavy atom. The van der Waals surface area contributed by atoms with Crippen LogP contribution in [0.1, 0.15) is 136 Å². The largest absolute Gasteiger partial charge is 0.378 e. The first-order valence-corrected chi connectivity index (χ1v) is 13.4. The number of unbranched alkanes of at least 4 members (excludes halogenated alkanes) is 2. The zero-order valence-electron chi connectivity index (χ0n) is 19.4. The first-order chi connectivity index (χ1) is 13.7. The maximum absolute atomic E-state index is 6.66. The fraction of sp³-hybridized carbons (Fsp3) is 1.00. The summed E-state index contributed by atoms with van der Waals surface area (Å²) in [6.45, 7) is 5.77. The first-order valence-electron chi connectivity index (χ1n) is 13.4. The van der Waals surface area contributed by atoms with Gasteiger partial charge in [0.05, 0.1) is 12.7 Å². The van der Waals surface area contributed by atoms with Crippen molar-refractivity contribution in [3.05, 3.63) is 0 Å². The molecule has 1 heteroatoms. The smallest absolute Gasteiger partial charge is 0.0575 e. The summed E-state index contributed by atoms with van der Waals surface area (Å²) in [6, 6.07) is 0. The average molecular weight is 391 g/mol. The van der Waals surface area contributed by atoms with Gasteiger partial charge in [-0.25, -0.2) is 0 Å². The molecule has 0 aromatic heterocycles. The highest BCUT2D eigenvalue weighted by Crippen LogP contribution is 2.48. The highest BCUT2D eigenvalue weighted by Gasteiger charge is 2.38. The van der Waals surface area contributed by atoms with Crippen molar-refractivity contribution in [1.29, 1.82) is 0 Å². The molecular weight excluding hydrogens is 340 g/mol. The molecule has 3 fully saturated rings. The summed E-state index contributed by atoms with van der Waals surface area (Å²) < 4.78 is 6.66. The fourth-order valence-corrected chi connectivity index (χ4v) is 6.84. The van der Waals surface area contributed by atoms with E-state index in [2.05, 4.69) is 13.8 Å². The maximum atomic E-state index is 6.66. The van der Waals surface area contributed by atoms with Crippen LogP contribution >= 0.6 is 0 Å². The summed E-state index contributed by atoms with van der Waals surface area (Å²) in [7, 11) is 0. The lowest BCUT2D eigenvalue weighted by molar-refractivity contribution is -0.0566. The second-order valence-electron chi connectivity index (χ2n) is 10.9. The summed E-state index contributed by atoms with van der Waals surface area (Å²) in [6.07, 6.45) is 28.0. The van der Waals surface area contributed by atoms with E-state index in [1.165, 1.54) is 122 Å². The third kappa shape index (κ3) is 6.75. The molecule has 0 aromatic carbocycles. The minimum absolute atomic E-state index is 0.528. The van der Waals surface area contributed by atoms with Gasteiger partial charge in [0.15, 0.2) is 0 Å². The predicted octanol–water partition coefficient (Wildman–Crippen LogP) is 8.70. The van der Waals surface area contributed by atoms with Crippen molar-refractivity contribution in [3.63, 3.8) is 0 Å². The molecule has 3 rings (SSSR count). The van der Waals surface area contributed by atoms with Gasteiger partial charge in [-0.15, -0.1) is 0 Å². The molecule has 0 N–H and O–H groups in total. The van der Waals surface area contributed by atoms with Gasteiger partial charge >= 0.3 is 0 Å². The molecule has 0 unspecified atom stereocenters. The molecule has 0 bridgehead atoms. The lowest BCUT2D eigenvalue weighted by atomic mass is 9.64. The molecular formula is C27H50O. The molecule has 3 aliphatic rings. The fourth-order valence-electron chi connectivity index (χ4n) is 6.84. The van der Waals surface area contributed by atoms with Gasteiger partial charge in [-0.2, -0.15) is 0 Å².